The molecular formula is C14H17BrN2. The molecule has 90 valence electrons. The van der Waals surface area contributed by atoms with Crippen LogP contribution in [0, 0.1) is 0 Å². The number of hydrogen-bond acceptors (Lipinski definition) is 1. The Morgan fingerprint density at radius 2 is 2.18 bits per heavy atom. The summed E-state index contributed by atoms with van der Waals surface area (Å²) >= 11 is 3.52. The van der Waals surface area contributed by atoms with Crippen LogP contribution in [0.1, 0.15) is 25.0 Å². The fraction of sp³-hybridized carbons (Fsp3) is 0.429. The molecule has 1 aliphatic carbocycles. The Labute approximate surface area is 110 Å². The third-order valence-corrected chi connectivity index (χ3v) is 4.27. The average molecular weight is 293 g/mol. The third-order valence-electron chi connectivity index (χ3n) is 3.78. The Kier molecular flexibility index (Phi) is 2.97. The lowest BCUT2D eigenvalue weighted by Crippen LogP contribution is -2.34. The highest BCUT2D eigenvalue weighted by molar-refractivity contribution is 9.10. The van der Waals surface area contributed by atoms with Crippen LogP contribution in [0.25, 0.3) is 10.9 Å². The van der Waals surface area contributed by atoms with Gasteiger partial charge in [0, 0.05) is 40.7 Å². The van der Waals surface area contributed by atoms with Crippen LogP contribution in [-0.4, -0.2) is 10.6 Å². The lowest BCUT2D eigenvalue weighted by molar-refractivity contribution is 0.336. The highest BCUT2D eigenvalue weighted by Crippen LogP contribution is 2.24. The number of hydrogen-bond donors (Lipinski definition) is 1. The Hall–Kier alpha value is -0.800. The van der Waals surface area contributed by atoms with Gasteiger partial charge in [-0.15, -0.1) is 0 Å². The van der Waals surface area contributed by atoms with Gasteiger partial charge in [-0.2, -0.15) is 0 Å². The van der Waals surface area contributed by atoms with E-state index in [0.29, 0.717) is 0 Å². The largest absolute Gasteiger partial charge is 0.346 e. The zero-order valence-electron chi connectivity index (χ0n) is 10.0. The number of aromatic nitrogens is 1. The van der Waals surface area contributed by atoms with Gasteiger partial charge in [-0.3, -0.25) is 0 Å². The van der Waals surface area contributed by atoms with Gasteiger partial charge in [-0.1, -0.05) is 22.4 Å². The summed E-state index contributed by atoms with van der Waals surface area (Å²) in [6.07, 6.45) is 4.07. The van der Waals surface area contributed by atoms with Crippen LogP contribution in [0.15, 0.2) is 28.7 Å². The van der Waals surface area contributed by atoms with Crippen LogP contribution < -0.4 is 5.32 Å². The maximum atomic E-state index is 3.62. The number of nitrogens with one attached hydrogen (secondary N) is 1. The van der Waals surface area contributed by atoms with E-state index in [1.807, 2.05) is 0 Å². The van der Waals surface area contributed by atoms with Crippen molar-refractivity contribution in [1.82, 2.24) is 9.88 Å². The van der Waals surface area contributed by atoms with Crippen molar-refractivity contribution in [1.29, 1.82) is 0 Å². The summed E-state index contributed by atoms with van der Waals surface area (Å²) in [6.45, 7) is 0.980. The van der Waals surface area contributed by atoms with Crippen LogP contribution >= 0.6 is 15.9 Å². The van der Waals surface area contributed by atoms with Crippen molar-refractivity contribution < 1.29 is 0 Å². The van der Waals surface area contributed by atoms with E-state index in [1.54, 1.807) is 0 Å². The van der Waals surface area contributed by atoms with Gasteiger partial charge in [0.25, 0.3) is 0 Å². The zero-order valence-corrected chi connectivity index (χ0v) is 11.6. The van der Waals surface area contributed by atoms with E-state index in [-0.39, 0.29) is 0 Å². The molecule has 1 aliphatic rings. The molecule has 0 bridgehead atoms. The monoisotopic (exact) mass is 292 g/mol. The number of fused-ring (bicyclic) bond motifs is 1. The van der Waals surface area contributed by atoms with E-state index in [0.717, 1.165) is 17.1 Å². The molecule has 0 spiro atoms. The molecule has 1 heterocycles. The van der Waals surface area contributed by atoms with E-state index in [2.05, 4.69) is 57.1 Å². The van der Waals surface area contributed by atoms with Gasteiger partial charge >= 0.3 is 0 Å². The SMILES string of the molecule is Cn1c(CNC2CCC2)cc2cc(Br)ccc21. The van der Waals surface area contributed by atoms with Crippen LogP contribution in [0.5, 0.6) is 0 Å². The highest BCUT2D eigenvalue weighted by Gasteiger charge is 2.17. The predicted octanol–water partition coefficient (Wildman–Crippen LogP) is 3.58. The minimum Gasteiger partial charge on any atom is -0.346 e. The van der Waals surface area contributed by atoms with Crippen molar-refractivity contribution in [2.45, 2.75) is 31.8 Å². The lowest BCUT2D eigenvalue weighted by atomic mass is 9.93. The minimum atomic E-state index is 0.750. The van der Waals surface area contributed by atoms with Crippen LogP contribution in [0.2, 0.25) is 0 Å². The summed E-state index contributed by atoms with van der Waals surface area (Å²) in [4.78, 5) is 0. The molecule has 1 aromatic carbocycles. The van der Waals surface area contributed by atoms with Crippen LogP contribution in [0.3, 0.4) is 0 Å². The molecule has 1 fully saturated rings. The summed E-state index contributed by atoms with van der Waals surface area (Å²) in [7, 11) is 2.15. The normalized spacial score (nSPS) is 16.4. The number of aryl methyl sites for hydroxylation is 1. The summed E-state index contributed by atoms with van der Waals surface area (Å²) in [5, 5.41) is 4.93. The second-order valence-corrected chi connectivity index (χ2v) is 5.82. The Balaban J connectivity index is 1.85. The number of nitrogens with zero attached hydrogens (tertiary/aromatic N) is 1. The topological polar surface area (TPSA) is 17.0 Å². The fourth-order valence-corrected chi connectivity index (χ4v) is 2.79. The van der Waals surface area contributed by atoms with Crippen LogP contribution in [-0.2, 0) is 13.6 Å². The van der Waals surface area contributed by atoms with Gasteiger partial charge in [0.05, 0.1) is 0 Å². The molecule has 3 rings (SSSR count). The van der Waals surface area contributed by atoms with E-state index < -0.39 is 0 Å². The van der Waals surface area contributed by atoms with Gasteiger partial charge in [0.2, 0.25) is 0 Å². The van der Waals surface area contributed by atoms with Gasteiger partial charge in [-0.05, 0) is 37.1 Å². The van der Waals surface area contributed by atoms with Crippen molar-refractivity contribution in [2.75, 3.05) is 0 Å². The molecule has 2 nitrogen and oxygen atoms in total. The van der Waals surface area contributed by atoms with E-state index in [1.165, 1.54) is 35.9 Å². The maximum Gasteiger partial charge on any atom is 0.0481 e. The van der Waals surface area contributed by atoms with Crippen molar-refractivity contribution in [3.8, 4) is 0 Å². The van der Waals surface area contributed by atoms with Gasteiger partial charge in [-0.25, -0.2) is 0 Å². The number of rotatable bonds is 3. The van der Waals surface area contributed by atoms with Gasteiger partial charge < -0.3 is 9.88 Å². The quantitative estimate of drug-likeness (QED) is 0.915. The second-order valence-electron chi connectivity index (χ2n) is 4.91. The molecule has 1 N–H and O–H groups in total. The predicted molar refractivity (Wildman–Crippen MR) is 75.1 cm³/mol. The Morgan fingerprint density at radius 1 is 1.35 bits per heavy atom. The molecular weight excluding hydrogens is 276 g/mol. The first-order valence-corrected chi connectivity index (χ1v) is 7.00. The van der Waals surface area contributed by atoms with Gasteiger partial charge in [0.1, 0.15) is 0 Å². The van der Waals surface area contributed by atoms with E-state index in [9.17, 15) is 0 Å². The second kappa shape index (κ2) is 4.46. The zero-order chi connectivity index (χ0) is 11.8. The third kappa shape index (κ3) is 2.14. The first-order valence-electron chi connectivity index (χ1n) is 6.21. The van der Waals surface area contributed by atoms with E-state index in [4.69, 9.17) is 0 Å². The molecule has 0 radical (unpaired) electrons. The van der Waals surface area contributed by atoms with Gasteiger partial charge in [0.15, 0.2) is 0 Å². The molecule has 0 saturated heterocycles. The lowest BCUT2D eigenvalue weighted by Gasteiger charge is -2.26. The van der Waals surface area contributed by atoms with Crippen molar-refractivity contribution >= 4 is 26.8 Å². The smallest absolute Gasteiger partial charge is 0.0481 e. The summed E-state index contributed by atoms with van der Waals surface area (Å²) in [5.41, 5.74) is 2.67. The molecule has 0 unspecified atom stereocenters. The van der Waals surface area contributed by atoms with Crippen molar-refractivity contribution in [2.24, 2.45) is 7.05 Å². The standard InChI is InChI=1S/C14H17BrN2/c1-17-13(9-16-12-3-2-4-12)8-10-7-11(15)5-6-14(10)17/h5-8,12,16H,2-4,9H2,1H3. The summed E-state index contributed by atoms with van der Waals surface area (Å²) in [6, 6.07) is 9.49. The molecule has 1 saturated carbocycles. The van der Waals surface area contributed by atoms with Crippen LogP contribution in [0.4, 0.5) is 0 Å². The molecule has 0 aliphatic heterocycles. The average Bonchev–Trinajstić information content (AvgIpc) is 2.53. The molecule has 0 atom stereocenters. The molecule has 1 aromatic heterocycles. The Bertz CT molecular complexity index is 540. The maximum absolute atomic E-state index is 3.62. The molecule has 2 aromatic rings. The molecule has 3 heteroatoms. The highest BCUT2D eigenvalue weighted by atomic mass is 79.9. The fourth-order valence-electron chi connectivity index (χ4n) is 2.41. The van der Waals surface area contributed by atoms with E-state index >= 15 is 0 Å². The summed E-state index contributed by atoms with van der Waals surface area (Å²) < 4.78 is 3.43. The molecule has 17 heavy (non-hydrogen) atoms. The summed E-state index contributed by atoms with van der Waals surface area (Å²) in [5.74, 6) is 0. The first kappa shape index (κ1) is 11.3. The minimum absolute atomic E-state index is 0.750. The Morgan fingerprint density at radius 3 is 2.88 bits per heavy atom. The van der Waals surface area contributed by atoms with Crippen molar-refractivity contribution in [3.63, 3.8) is 0 Å². The first-order chi connectivity index (χ1) is 8.24. The van der Waals surface area contributed by atoms with Crippen molar-refractivity contribution in [3.05, 3.63) is 34.4 Å². The number of halogens is 1. The molecule has 0 amide bonds. The number of benzene rings is 1.